The maximum atomic E-state index is 5.69. The van der Waals surface area contributed by atoms with Crippen LogP contribution in [0, 0.1) is 0 Å². The van der Waals surface area contributed by atoms with Gasteiger partial charge in [-0.15, -0.1) is 0 Å². The summed E-state index contributed by atoms with van der Waals surface area (Å²) in [5.74, 6) is 7.15. The van der Waals surface area contributed by atoms with Gasteiger partial charge in [0, 0.05) is 5.56 Å². The van der Waals surface area contributed by atoms with Crippen molar-refractivity contribution in [2.24, 2.45) is 5.84 Å². The maximum absolute atomic E-state index is 5.69. The molecule has 6 heteroatoms. The Kier molecular flexibility index (Phi) is 4.98. The summed E-state index contributed by atoms with van der Waals surface area (Å²) in [6, 6.07) is 5.36. The van der Waals surface area contributed by atoms with E-state index < -0.39 is 0 Å². The third kappa shape index (κ3) is 3.16. The maximum Gasteiger partial charge on any atom is 0.124 e. The van der Waals surface area contributed by atoms with Crippen LogP contribution in [0.3, 0.4) is 0 Å². The highest BCUT2D eigenvalue weighted by Crippen LogP contribution is 2.32. The van der Waals surface area contributed by atoms with E-state index in [1.807, 2.05) is 18.2 Å². The summed E-state index contributed by atoms with van der Waals surface area (Å²) < 4.78 is 21.7. The molecule has 0 aromatic heterocycles. The summed E-state index contributed by atoms with van der Waals surface area (Å²) in [5, 5.41) is 0. The van der Waals surface area contributed by atoms with Crippen molar-refractivity contribution in [1.29, 1.82) is 0 Å². The van der Waals surface area contributed by atoms with Crippen LogP contribution in [0.2, 0.25) is 0 Å². The third-order valence-corrected chi connectivity index (χ3v) is 3.16. The Morgan fingerprint density at radius 3 is 2.74 bits per heavy atom. The summed E-state index contributed by atoms with van der Waals surface area (Å²) >= 11 is 0. The van der Waals surface area contributed by atoms with Crippen LogP contribution in [0.5, 0.6) is 11.5 Å². The molecule has 19 heavy (non-hydrogen) atoms. The van der Waals surface area contributed by atoms with E-state index in [4.69, 9.17) is 24.8 Å². The Morgan fingerprint density at radius 2 is 2.16 bits per heavy atom. The fourth-order valence-corrected chi connectivity index (χ4v) is 2.18. The SMILES string of the molecule is COc1ccc(OC)c(C(NN)C2COCCO2)c1. The lowest BCUT2D eigenvalue weighted by Gasteiger charge is -2.31. The van der Waals surface area contributed by atoms with E-state index in [2.05, 4.69) is 5.43 Å². The highest BCUT2D eigenvalue weighted by Gasteiger charge is 2.28. The lowest BCUT2D eigenvalue weighted by Crippen LogP contribution is -2.43. The molecule has 3 N–H and O–H groups in total. The van der Waals surface area contributed by atoms with Gasteiger partial charge in [0.1, 0.15) is 17.6 Å². The van der Waals surface area contributed by atoms with E-state index in [1.54, 1.807) is 14.2 Å². The molecule has 0 spiro atoms. The second-order valence-electron chi connectivity index (χ2n) is 4.24. The minimum absolute atomic E-state index is 0.153. The number of hydrazine groups is 1. The first kappa shape index (κ1) is 14.1. The molecule has 106 valence electrons. The zero-order valence-corrected chi connectivity index (χ0v) is 11.2. The Bertz CT molecular complexity index is 408. The van der Waals surface area contributed by atoms with Crippen molar-refractivity contribution in [2.45, 2.75) is 12.1 Å². The lowest BCUT2D eigenvalue weighted by atomic mass is 10.0. The van der Waals surface area contributed by atoms with Gasteiger partial charge >= 0.3 is 0 Å². The van der Waals surface area contributed by atoms with E-state index in [1.165, 1.54) is 0 Å². The van der Waals surface area contributed by atoms with Gasteiger partial charge in [0.05, 0.1) is 40.1 Å². The predicted octanol–water partition coefficient (Wildman–Crippen LogP) is 0.624. The Morgan fingerprint density at radius 1 is 1.32 bits per heavy atom. The highest BCUT2D eigenvalue weighted by molar-refractivity contribution is 5.42. The van der Waals surface area contributed by atoms with E-state index >= 15 is 0 Å². The second-order valence-corrected chi connectivity index (χ2v) is 4.24. The van der Waals surface area contributed by atoms with Gasteiger partial charge in [-0.3, -0.25) is 11.3 Å². The topological polar surface area (TPSA) is 75.0 Å². The van der Waals surface area contributed by atoms with Gasteiger partial charge in [-0.1, -0.05) is 0 Å². The summed E-state index contributed by atoms with van der Waals surface area (Å²) in [6.07, 6.45) is -0.153. The average molecular weight is 268 g/mol. The first-order chi connectivity index (χ1) is 9.30. The first-order valence-corrected chi connectivity index (χ1v) is 6.17. The quantitative estimate of drug-likeness (QED) is 0.602. The molecule has 6 nitrogen and oxygen atoms in total. The molecule has 1 aromatic rings. The van der Waals surface area contributed by atoms with Crippen LogP contribution in [-0.2, 0) is 9.47 Å². The average Bonchev–Trinajstić information content (AvgIpc) is 2.49. The fraction of sp³-hybridized carbons (Fsp3) is 0.538. The molecule has 0 bridgehead atoms. The Labute approximate surface area is 112 Å². The van der Waals surface area contributed by atoms with Gasteiger partial charge in [-0.05, 0) is 18.2 Å². The molecule has 1 aromatic carbocycles. The molecule has 2 unspecified atom stereocenters. The standard InChI is InChI=1S/C13H20N2O4/c1-16-9-3-4-11(17-2)10(7-9)13(15-14)12-8-18-5-6-19-12/h3-4,7,12-13,15H,5-6,8,14H2,1-2H3. The van der Waals surface area contributed by atoms with Gasteiger partial charge in [0.25, 0.3) is 0 Å². The fourth-order valence-electron chi connectivity index (χ4n) is 2.18. The van der Waals surface area contributed by atoms with Gasteiger partial charge in [0.2, 0.25) is 0 Å². The molecule has 1 aliphatic heterocycles. The van der Waals surface area contributed by atoms with Crippen molar-refractivity contribution in [3.05, 3.63) is 23.8 Å². The van der Waals surface area contributed by atoms with Crippen LogP contribution in [0.25, 0.3) is 0 Å². The van der Waals surface area contributed by atoms with Crippen molar-refractivity contribution in [2.75, 3.05) is 34.0 Å². The van der Waals surface area contributed by atoms with E-state index in [0.717, 1.165) is 17.1 Å². The summed E-state index contributed by atoms with van der Waals surface area (Å²) in [4.78, 5) is 0. The predicted molar refractivity (Wildman–Crippen MR) is 70.2 cm³/mol. The monoisotopic (exact) mass is 268 g/mol. The van der Waals surface area contributed by atoms with E-state index in [0.29, 0.717) is 19.8 Å². The smallest absolute Gasteiger partial charge is 0.124 e. The molecule has 0 radical (unpaired) electrons. The van der Waals surface area contributed by atoms with Gasteiger partial charge < -0.3 is 18.9 Å². The molecule has 0 amide bonds. The molecule has 1 aliphatic rings. The van der Waals surface area contributed by atoms with E-state index in [9.17, 15) is 0 Å². The molecule has 2 atom stereocenters. The number of hydrogen-bond acceptors (Lipinski definition) is 6. The molecule has 1 saturated heterocycles. The summed E-state index contributed by atoms with van der Waals surface area (Å²) in [7, 11) is 3.24. The van der Waals surface area contributed by atoms with Gasteiger partial charge in [0.15, 0.2) is 0 Å². The van der Waals surface area contributed by atoms with Crippen molar-refractivity contribution < 1.29 is 18.9 Å². The Balaban J connectivity index is 2.29. The number of nitrogens with two attached hydrogens (primary N) is 1. The number of nitrogens with one attached hydrogen (secondary N) is 1. The molecule has 0 aliphatic carbocycles. The minimum Gasteiger partial charge on any atom is -0.497 e. The first-order valence-electron chi connectivity index (χ1n) is 6.17. The van der Waals surface area contributed by atoms with Crippen LogP contribution in [-0.4, -0.2) is 40.1 Å². The molecular weight excluding hydrogens is 248 g/mol. The minimum atomic E-state index is -0.217. The van der Waals surface area contributed by atoms with E-state index in [-0.39, 0.29) is 12.1 Å². The van der Waals surface area contributed by atoms with Crippen molar-refractivity contribution >= 4 is 0 Å². The Hall–Kier alpha value is -1.34. The van der Waals surface area contributed by atoms with Crippen LogP contribution in [0.4, 0.5) is 0 Å². The second kappa shape index (κ2) is 6.72. The zero-order valence-electron chi connectivity index (χ0n) is 11.2. The third-order valence-electron chi connectivity index (χ3n) is 3.16. The van der Waals surface area contributed by atoms with Crippen molar-refractivity contribution in [3.8, 4) is 11.5 Å². The number of hydrogen-bond donors (Lipinski definition) is 2. The number of benzene rings is 1. The van der Waals surface area contributed by atoms with Crippen LogP contribution >= 0.6 is 0 Å². The number of methoxy groups -OCH3 is 2. The van der Waals surface area contributed by atoms with Crippen molar-refractivity contribution in [3.63, 3.8) is 0 Å². The molecule has 0 saturated carbocycles. The highest BCUT2D eigenvalue weighted by atomic mass is 16.6. The summed E-state index contributed by atoms with van der Waals surface area (Å²) in [6.45, 7) is 1.67. The molecule has 2 rings (SSSR count). The van der Waals surface area contributed by atoms with Crippen LogP contribution in [0.15, 0.2) is 18.2 Å². The lowest BCUT2D eigenvalue weighted by molar-refractivity contribution is -0.102. The summed E-state index contributed by atoms with van der Waals surface area (Å²) in [5.41, 5.74) is 3.66. The van der Waals surface area contributed by atoms with Crippen LogP contribution < -0.4 is 20.7 Å². The largest absolute Gasteiger partial charge is 0.497 e. The van der Waals surface area contributed by atoms with Gasteiger partial charge in [-0.2, -0.15) is 0 Å². The normalized spacial score (nSPS) is 20.9. The molecular formula is C13H20N2O4. The number of ether oxygens (including phenoxy) is 4. The molecule has 1 fully saturated rings. The molecule has 1 heterocycles. The van der Waals surface area contributed by atoms with Crippen molar-refractivity contribution in [1.82, 2.24) is 5.43 Å². The number of rotatable bonds is 5. The zero-order chi connectivity index (χ0) is 13.7. The van der Waals surface area contributed by atoms with Gasteiger partial charge in [-0.25, -0.2) is 0 Å². The van der Waals surface area contributed by atoms with Crippen LogP contribution in [0.1, 0.15) is 11.6 Å².